The Morgan fingerprint density at radius 2 is 2.04 bits per heavy atom. The van der Waals surface area contributed by atoms with Crippen molar-refractivity contribution in [1.29, 1.82) is 0 Å². The van der Waals surface area contributed by atoms with Gasteiger partial charge in [0.2, 0.25) is 0 Å². The van der Waals surface area contributed by atoms with Crippen LogP contribution < -0.4 is 0 Å². The number of carbonyl (C=O) groups is 1. The van der Waals surface area contributed by atoms with Crippen molar-refractivity contribution < 1.29 is 9.53 Å². The predicted molar refractivity (Wildman–Crippen MR) is 98.5 cm³/mol. The number of allylic oxidation sites excluding steroid dienone is 3. The van der Waals surface area contributed by atoms with Gasteiger partial charge >= 0.3 is 5.97 Å². The van der Waals surface area contributed by atoms with Crippen LogP contribution in [0.4, 0.5) is 0 Å². The lowest BCUT2D eigenvalue weighted by molar-refractivity contribution is -0.153. The lowest BCUT2D eigenvalue weighted by atomic mass is 9.45. The van der Waals surface area contributed by atoms with E-state index in [0.29, 0.717) is 23.9 Å². The molecule has 3 aliphatic rings. The molecule has 0 unspecified atom stereocenters. The molecular weight excluding hydrogens is 296 g/mol. The third-order valence-corrected chi connectivity index (χ3v) is 7.62. The maximum absolute atomic E-state index is 11.4. The van der Waals surface area contributed by atoms with Gasteiger partial charge in [-0.05, 0) is 55.8 Å². The number of esters is 1. The molecule has 0 aliphatic heterocycles. The summed E-state index contributed by atoms with van der Waals surface area (Å²) in [4.78, 5) is 11.4. The van der Waals surface area contributed by atoms with Crippen LogP contribution in [-0.4, -0.2) is 12.6 Å². The van der Waals surface area contributed by atoms with Crippen molar-refractivity contribution in [3.63, 3.8) is 0 Å². The Morgan fingerprint density at radius 3 is 2.71 bits per heavy atom. The van der Waals surface area contributed by atoms with Gasteiger partial charge in [0.1, 0.15) is 0 Å². The van der Waals surface area contributed by atoms with Gasteiger partial charge in [-0.3, -0.25) is 4.79 Å². The van der Waals surface area contributed by atoms with E-state index in [9.17, 15) is 4.79 Å². The summed E-state index contributed by atoms with van der Waals surface area (Å²) in [5.41, 5.74) is 2.37. The van der Waals surface area contributed by atoms with Crippen LogP contribution in [0.2, 0.25) is 0 Å². The van der Waals surface area contributed by atoms with Crippen LogP contribution in [0.5, 0.6) is 0 Å². The number of rotatable bonds is 3. The zero-order chi connectivity index (χ0) is 17.6. The average molecular weight is 331 g/mol. The molecule has 2 heteroatoms. The summed E-state index contributed by atoms with van der Waals surface area (Å²) < 4.78 is 5.50. The van der Waals surface area contributed by atoms with Gasteiger partial charge in [-0.15, -0.1) is 6.58 Å². The quantitative estimate of drug-likeness (QED) is 0.491. The topological polar surface area (TPSA) is 26.3 Å². The minimum absolute atomic E-state index is 0.140. The Labute approximate surface area is 147 Å². The Morgan fingerprint density at radius 1 is 1.29 bits per heavy atom. The van der Waals surface area contributed by atoms with Gasteiger partial charge in [-0.2, -0.15) is 0 Å². The minimum atomic E-state index is -0.140. The van der Waals surface area contributed by atoms with Gasteiger partial charge in [0.15, 0.2) is 0 Å². The summed E-state index contributed by atoms with van der Waals surface area (Å²) in [6.45, 7) is 13.4. The molecule has 3 aliphatic carbocycles. The molecule has 24 heavy (non-hydrogen) atoms. The van der Waals surface area contributed by atoms with Gasteiger partial charge in [0.25, 0.3) is 0 Å². The summed E-state index contributed by atoms with van der Waals surface area (Å²) in [6, 6.07) is 0. The highest BCUT2D eigenvalue weighted by atomic mass is 16.5. The van der Waals surface area contributed by atoms with Crippen LogP contribution >= 0.6 is 0 Å². The summed E-state index contributed by atoms with van der Waals surface area (Å²) in [5.74, 6) is 1.23. The van der Waals surface area contributed by atoms with E-state index in [-0.39, 0.29) is 16.8 Å². The largest absolute Gasteiger partial charge is 0.465 e. The smallest absolute Gasteiger partial charge is 0.302 e. The summed E-state index contributed by atoms with van der Waals surface area (Å²) >= 11 is 0. The number of ether oxygens (including phenoxy) is 1. The van der Waals surface area contributed by atoms with Crippen LogP contribution in [-0.2, 0) is 9.53 Å². The van der Waals surface area contributed by atoms with Crippen LogP contribution in [0.1, 0.15) is 72.6 Å². The van der Waals surface area contributed by atoms with E-state index < -0.39 is 0 Å². The maximum Gasteiger partial charge on any atom is 0.302 e. The summed E-state index contributed by atoms with van der Waals surface area (Å²) in [6.07, 6.45) is 13.4. The van der Waals surface area contributed by atoms with Crippen LogP contribution in [0.25, 0.3) is 0 Å². The lowest BCUT2D eigenvalue weighted by Crippen LogP contribution is -2.53. The first-order valence-electron chi connectivity index (χ1n) is 9.71. The van der Waals surface area contributed by atoms with E-state index in [1.54, 1.807) is 5.57 Å². The maximum atomic E-state index is 11.4. The van der Waals surface area contributed by atoms with Crippen molar-refractivity contribution in [3.05, 3.63) is 24.3 Å². The van der Waals surface area contributed by atoms with Crippen LogP contribution in [0, 0.1) is 28.1 Å². The first kappa shape index (κ1) is 17.8. The lowest BCUT2D eigenvalue weighted by Gasteiger charge is -2.60. The Bertz CT molecular complexity index is 562. The fourth-order valence-corrected chi connectivity index (χ4v) is 6.26. The zero-order valence-corrected chi connectivity index (χ0v) is 16.0. The van der Waals surface area contributed by atoms with Crippen LogP contribution in [0.15, 0.2) is 24.3 Å². The van der Waals surface area contributed by atoms with Crippen molar-refractivity contribution >= 4 is 5.97 Å². The number of fused-ring (bicyclic) bond motifs is 3. The summed E-state index contributed by atoms with van der Waals surface area (Å²) in [7, 11) is 0. The molecule has 0 aromatic rings. The van der Waals surface area contributed by atoms with Gasteiger partial charge in [0.05, 0.1) is 6.61 Å². The van der Waals surface area contributed by atoms with Crippen LogP contribution in [0.3, 0.4) is 0 Å². The average Bonchev–Trinajstić information content (AvgIpc) is 2.52. The molecule has 0 spiro atoms. The van der Waals surface area contributed by atoms with E-state index in [1.807, 2.05) is 0 Å². The number of carbonyl (C=O) groups excluding carboxylic acids is 1. The molecule has 0 amide bonds. The van der Waals surface area contributed by atoms with Crippen molar-refractivity contribution in [2.75, 3.05) is 6.61 Å². The molecule has 0 radical (unpaired) electrons. The van der Waals surface area contributed by atoms with Crippen molar-refractivity contribution in [2.24, 2.45) is 28.1 Å². The van der Waals surface area contributed by atoms with E-state index in [2.05, 4.69) is 39.5 Å². The van der Waals surface area contributed by atoms with E-state index in [1.165, 1.54) is 51.9 Å². The molecule has 0 N–H and O–H groups in total. The third-order valence-electron chi connectivity index (χ3n) is 7.62. The molecule has 5 atom stereocenters. The zero-order valence-electron chi connectivity index (χ0n) is 16.0. The van der Waals surface area contributed by atoms with Crippen molar-refractivity contribution in [1.82, 2.24) is 0 Å². The molecule has 2 nitrogen and oxygen atoms in total. The molecule has 0 saturated heterocycles. The first-order valence-corrected chi connectivity index (χ1v) is 9.71. The number of hydrogen-bond donors (Lipinski definition) is 0. The van der Waals surface area contributed by atoms with E-state index in [4.69, 9.17) is 4.74 Å². The molecule has 0 aromatic heterocycles. The number of hydrogen-bond acceptors (Lipinski definition) is 2. The normalized spacial score (nSPS) is 44.8. The van der Waals surface area contributed by atoms with Gasteiger partial charge < -0.3 is 4.74 Å². The third kappa shape index (κ3) is 2.86. The molecule has 2 saturated carbocycles. The highest BCUT2D eigenvalue weighted by molar-refractivity contribution is 5.65. The highest BCUT2D eigenvalue weighted by Gasteiger charge is 2.55. The minimum Gasteiger partial charge on any atom is -0.465 e. The van der Waals surface area contributed by atoms with E-state index in [0.717, 1.165) is 0 Å². The predicted octanol–water partition coefficient (Wildman–Crippen LogP) is 5.68. The fraction of sp³-hybridized carbons (Fsp3) is 0.773. The van der Waals surface area contributed by atoms with Crippen molar-refractivity contribution in [3.8, 4) is 0 Å². The summed E-state index contributed by atoms with van der Waals surface area (Å²) in [5, 5.41) is 0. The molecular formula is C22H34O2. The standard InChI is InChI=1S/C22H34O2/c1-6-20(3)13-10-18-17(14-20)8-9-19-21(4,15-24-16(2)23)11-7-12-22(18,19)5/h6,14,18-19H,1,7-13,15H2,2-5H3/t18-,19-,20+,21-,22+/m0/s1. The molecule has 3 rings (SSSR count). The van der Waals surface area contributed by atoms with Gasteiger partial charge in [-0.25, -0.2) is 0 Å². The molecule has 0 aromatic carbocycles. The Hall–Kier alpha value is -1.05. The second-order valence-electron chi connectivity index (χ2n) is 9.41. The molecule has 0 heterocycles. The molecule has 0 bridgehead atoms. The second-order valence-corrected chi connectivity index (χ2v) is 9.41. The molecule has 134 valence electrons. The Kier molecular flexibility index (Phi) is 4.47. The monoisotopic (exact) mass is 330 g/mol. The SMILES string of the molecule is C=C[C@@]1(C)C=C2CC[C@H]3[C@](C)(COC(C)=O)CCC[C@]3(C)[C@H]2CC1. The van der Waals surface area contributed by atoms with E-state index >= 15 is 0 Å². The second kappa shape index (κ2) is 6.04. The van der Waals surface area contributed by atoms with Crippen molar-refractivity contribution in [2.45, 2.75) is 72.6 Å². The molecule has 2 fully saturated rings. The highest BCUT2D eigenvalue weighted by Crippen LogP contribution is 2.63. The van der Waals surface area contributed by atoms with Gasteiger partial charge in [-0.1, -0.05) is 44.9 Å². The fourth-order valence-electron chi connectivity index (χ4n) is 6.26. The Balaban J connectivity index is 1.89. The van der Waals surface area contributed by atoms with Gasteiger partial charge in [0, 0.05) is 17.8 Å². The first-order chi connectivity index (χ1) is 11.2.